The Hall–Kier alpha value is -0.940. The number of hydrogen-bond acceptors (Lipinski definition) is 4. The van der Waals surface area contributed by atoms with Crippen molar-refractivity contribution in [3.8, 4) is 0 Å². The largest absolute Gasteiger partial charge is 0.394 e. The Morgan fingerprint density at radius 2 is 1.95 bits per heavy atom. The highest BCUT2D eigenvalue weighted by Gasteiger charge is 2.27. The molecule has 1 aromatic heterocycles. The summed E-state index contributed by atoms with van der Waals surface area (Å²) < 4.78 is 2.03. The van der Waals surface area contributed by atoms with E-state index in [4.69, 9.17) is 0 Å². The molecule has 5 heteroatoms. The van der Waals surface area contributed by atoms with Gasteiger partial charge in [-0.05, 0) is 19.3 Å². The summed E-state index contributed by atoms with van der Waals surface area (Å²) in [7, 11) is 0. The molecular weight excluding hydrogens is 264 g/mol. The zero-order valence-corrected chi connectivity index (χ0v) is 14.3. The topological polar surface area (TPSA) is 63.0 Å². The number of rotatable bonds is 10. The van der Waals surface area contributed by atoms with E-state index in [-0.39, 0.29) is 12.1 Å². The number of aryl methyl sites for hydroxylation is 3. The Bertz CT molecular complexity index is 410. The van der Waals surface area contributed by atoms with Crippen LogP contribution in [0.25, 0.3) is 0 Å². The molecule has 1 rings (SSSR count). The third-order valence-corrected chi connectivity index (χ3v) is 4.02. The lowest BCUT2D eigenvalue weighted by Gasteiger charge is -2.34. The van der Waals surface area contributed by atoms with E-state index < -0.39 is 0 Å². The predicted molar refractivity (Wildman–Crippen MR) is 86.4 cm³/mol. The Labute approximate surface area is 129 Å². The lowest BCUT2D eigenvalue weighted by molar-refractivity contribution is 0.133. The van der Waals surface area contributed by atoms with E-state index >= 15 is 0 Å². The van der Waals surface area contributed by atoms with Crippen LogP contribution in [0.1, 0.15) is 65.5 Å². The van der Waals surface area contributed by atoms with Crippen LogP contribution in [0.3, 0.4) is 0 Å². The van der Waals surface area contributed by atoms with Crippen molar-refractivity contribution in [2.24, 2.45) is 0 Å². The summed E-state index contributed by atoms with van der Waals surface area (Å²) in [5, 5.41) is 17.9. The number of aliphatic hydroxyl groups is 1. The van der Waals surface area contributed by atoms with Crippen LogP contribution in [0, 0.1) is 0 Å². The molecule has 5 nitrogen and oxygen atoms in total. The first-order chi connectivity index (χ1) is 10.00. The van der Waals surface area contributed by atoms with Crippen molar-refractivity contribution in [3.05, 3.63) is 11.6 Å². The number of aliphatic hydroxyl groups excluding tert-OH is 1. The molecule has 0 aromatic carbocycles. The minimum atomic E-state index is -0.172. The van der Waals surface area contributed by atoms with Gasteiger partial charge in [-0.2, -0.15) is 5.10 Å². The molecule has 122 valence electrons. The van der Waals surface area contributed by atoms with Crippen LogP contribution in [0.15, 0.2) is 0 Å². The smallest absolute Gasteiger partial charge is 0.150 e. The second-order valence-electron chi connectivity index (χ2n) is 6.07. The first kappa shape index (κ1) is 18.1. The van der Waals surface area contributed by atoms with Crippen LogP contribution < -0.4 is 5.32 Å². The van der Waals surface area contributed by atoms with Crippen molar-refractivity contribution in [1.29, 1.82) is 0 Å². The van der Waals surface area contributed by atoms with Gasteiger partial charge in [0.15, 0.2) is 5.82 Å². The molecule has 0 aliphatic carbocycles. The van der Waals surface area contributed by atoms with Crippen molar-refractivity contribution in [2.75, 3.05) is 6.61 Å². The summed E-state index contributed by atoms with van der Waals surface area (Å²) in [4.78, 5) is 4.54. The molecule has 0 fully saturated rings. The average Bonchev–Trinajstić information content (AvgIpc) is 2.88. The maximum absolute atomic E-state index is 9.77. The molecule has 0 saturated carbocycles. The molecule has 0 saturated heterocycles. The van der Waals surface area contributed by atoms with Gasteiger partial charge in [-0.1, -0.05) is 34.6 Å². The molecule has 0 aliphatic heterocycles. The van der Waals surface area contributed by atoms with E-state index in [1.54, 1.807) is 0 Å². The maximum atomic E-state index is 9.77. The molecule has 0 radical (unpaired) electrons. The van der Waals surface area contributed by atoms with Crippen LogP contribution >= 0.6 is 0 Å². The van der Waals surface area contributed by atoms with Gasteiger partial charge in [0.1, 0.15) is 5.82 Å². The fourth-order valence-electron chi connectivity index (χ4n) is 2.78. The van der Waals surface area contributed by atoms with Crippen LogP contribution in [-0.2, 0) is 19.4 Å². The van der Waals surface area contributed by atoms with Crippen molar-refractivity contribution in [3.63, 3.8) is 0 Å². The Morgan fingerprint density at radius 3 is 2.43 bits per heavy atom. The van der Waals surface area contributed by atoms with Gasteiger partial charge in [0.05, 0.1) is 6.61 Å². The molecule has 1 aromatic rings. The zero-order chi connectivity index (χ0) is 15.9. The van der Waals surface area contributed by atoms with Gasteiger partial charge < -0.3 is 10.4 Å². The van der Waals surface area contributed by atoms with Crippen LogP contribution in [0.4, 0.5) is 0 Å². The van der Waals surface area contributed by atoms with E-state index in [1.807, 2.05) is 4.68 Å². The van der Waals surface area contributed by atoms with Gasteiger partial charge in [0.25, 0.3) is 0 Å². The van der Waals surface area contributed by atoms with Crippen molar-refractivity contribution < 1.29 is 5.11 Å². The third-order valence-electron chi connectivity index (χ3n) is 4.02. The van der Waals surface area contributed by atoms with Gasteiger partial charge in [0, 0.05) is 31.0 Å². The van der Waals surface area contributed by atoms with Gasteiger partial charge >= 0.3 is 0 Å². The number of aromatic nitrogens is 3. The van der Waals surface area contributed by atoms with Crippen LogP contribution in [0.2, 0.25) is 0 Å². The fraction of sp³-hybridized carbons (Fsp3) is 0.875. The number of hydrogen-bond donors (Lipinski definition) is 2. The maximum Gasteiger partial charge on any atom is 0.150 e. The minimum Gasteiger partial charge on any atom is -0.394 e. The Kier molecular flexibility index (Phi) is 7.32. The number of nitrogens with zero attached hydrogens (tertiary/aromatic N) is 3. The molecule has 0 bridgehead atoms. The van der Waals surface area contributed by atoms with E-state index in [0.717, 1.165) is 50.3 Å². The molecule has 1 unspecified atom stereocenters. The standard InChI is InChI=1S/C16H32N4O/c1-6-14-17-15(7-2)20(19-14)11-9-10-16(8-3,12-21)18-13(4)5/h13,18,21H,6-12H2,1-5H3. The summed E-state index contributed by atoms with van der Waals surface area (Å²) in [6.45, 7) is 11.6. The highest BCUT2D eigenvalue weighted by atomic mass is 16.3. The first-order valence-electron chi connectivity index (χ1n) is 8.31. The summed E-state index contributed by atoms with van der Waals surface area (Å²) in [5.41, 5.74) is -0.172. The first-order valence-corrected chi connectivity index (χ1v) is 8.31. The Morgan fingerprint density at radius 1 is 1.24 bits per heavy atom. The lowest BCUT2D eigenvalue weighted by atomic mass is 9.90. The van der Waals surface area contributed by atoms with E-state index in [1.165, 1.54) is 0 Å². The third kappa shape index (κ3) is 5.08. The molecule has 1 heterocycles. The van der Waals surface area contributed by atoms with E-state index in [2.05, 4.69) is 50.0 Å². The fourth-order valence-corrected chi connectivity index (χ4v) is 2.78. The summed E-state index contributed by atoms with van der Waals surface area (Å²) in [6.07, 6.45) is 4.66. The highest BCUT2D eigenvalue weighted by Crippen LogP contribution is 2.19. The number of nitrogens with one attached hydrogen (secondary N) is 1. The zero-order valence-electron chi connectivity index (χ0n) is 14.3. The van der Waals surface area contributed by atoms with Gasteiger partial charge in [0.2, 0.25) is 0 Å². The molecular formula is C16H32N4O. The summed E-state index contributed by atoms with van der Waals surface area (Å²) in [5.74, 6) is 1.99. The second kappa shape index (κ2) is 8.49. The molecule has 0 aliphatic rings. The molecule has 0 spiro atoms. The minimum absolute atomic E-state index is 0.172. The van der Waals surface area contributed by atoms with E-state index in [0.29, 0.717) is 6.04 Å². The van der Waals surface area contributed by atoms with E-state index in [9.17, 15) is 5.11 Å². The van der Waals surface area contributed by atoms with Gasteiger partial charge in [-0.15, -0.1) is 0 Å². The highest BCUT2D eigenvalue weighted by molar-refractivity contribution is 4.93. The van der Waals surface area contributed by atoms with Crippen molar-refractivity contribution in [2.45, 2.75) is 84.8 Å². The summed E-state index contributed by atoms with van der Waals surface area (Å²) >= 11 is 0. The normalized spacial score (nSPS) is 14.6. The van der Waals surface area contributed by atoms with Crippen LogP contribution in [0.5, 0.6) is 0 Å². The predicted octanol–water partition coefficient (Wildman–Crippen LogP) is 2.32. The monoisotopic (exact) mass is 296 g/mol. The summed E-state index contributed by atoms with van der Waals surface area (Å²) in [6, 6.07) is 0.376. The quantitative estimate of drug-likeness (QED) is 0.695. The van der Waals surface area contributed by atoms with Crippen molar-refractivity contribution in [1.82, 2.24) is 20.1 Å². The SMILES string of the molecule is CCc1nc(CC)n(CCCC(CC)(CO)NC(C)C)n1. The molecule has 1 atom stereocenters. The van der Waals surface area contributed by atoms with Gasteiger partial charge in [-0.3, -0.25) is 0 Å². The molecule has 0 amide bonds. The lowest BCUT2D eigenvalue weighted by Crippen LogP contribution is -2.51. The molecule has 2 N–H and O–H groups in total. The van der Waals surface area contributed by atoms with Crippen molar-refractivity contribution >= 4 is 0 Å². The van der Waals surface area contributed by atoms with Gasteiger partial charge in [-0.25, -0.2) is 9.67 Å². The van der Waals surface area contributed by atoms with Crippen LogP contribution in [-0.4, -0.2) is 38.1 Å². The second-order valence-corrected chi connectivity index (χ2v) is 6.07. The average molecular weight is 296 g/mol. The Balaban J connectivity index is 2.63. The molecule has 21 heavy (non-hydrogen) atoms.